The van der Waals surface area contributed by atoms with Crippen LogP contribution < -0.4 is 10.4 Å². The zero-order valence-electron chi connectivity index (χ0n) is 20.9. The Morgan fingerprint density at radius 1 is 0.850 bits per heavy atom. The van der Waals surface area contributed by atoms with Gasteiger partial charge in [-0.3, -0.25) is 15.0 Å². The molecule has 40 heavy (non-hydrogen) atoms. The number of anilines is 2. The molecule has 2 heterocycles. The summed E-state index contributed by atoms with van der Waals surface area (Å²) in [5, 5.41) is 13.1. The molecule has 0 radical (unpaired) electrons. The maximum absolute atomic E-state index is 13.7. The molecule has 1 N–H and O–H groups in total. The third kappa shape index (κ3) is 5.05. The number of hydrazone groups is 2. The number of aromatic nitrogens is 1. The molecule has 0 atom stereocenters. The number of nitrogens with one attached hydrogen (secondary N) is 1. The highest BCUT2D eigenvalue weighted by Gasteiger charge is 2.36. The molecule has 5 aromatic rings. The van der Waals surface area contributed by atoms with Crippen LogP contribution in [0.1, 0.15) is 21.5 Å². The van der Waals surface area contributed by atoms with Crippen molar-refractivity contribution in [3.05, 3.63) is 136 Å². The van der Waals surface area contributed by atoms with Gasteiger partial charge in [-0.15, -0.1) is 11.3 Å². The molecule has 6 rings (SSSR count). The topological polar surface area (TPSA) is 87.0 Å². The molecule has 0 saturated carbocycles. The number of hydrogen-bond acceptors (Lipinski definition) is 7. The molecule has 0 saturated heterocycles. The lowest BCUT2D eigenvalue weighted by atomic mass is 10.0. The largest absolute Gasteiger partial charge is 0.303 e. The fourth-order valence-electron chi connectivity index (χ4n) is 4.18. The second kappa shape index (κ2) is 11.1. The third-order valence-corrected chi connectivity index (χ3v) is 7.21. The van der Waals surface area contributed by atoms with Crippen LogP contribution in [-0.2, 0) is 4.79 Å². The molecule has 0 aliphatic carbocycles. The van der Waals surface area contributed by atoms with Gasteiger partial charge in [0, 0.05) is 32.7 Å². The number of ketones is 1. The first-order valence-electron chi connectivity index (χ1n) is 12.3. The molecule has 9 heteroatoms. The van der Waals surface area contributed by atoms with Crippen molar-refractivity contribution in [2.45, 2.75) is 0 Å². The van der Waals surface area contributed by atoms with Gasteiger partial charge in [0.25, 0.3) is 0 Å². The van der Waals surface area contributed by atoms with Gasteiger partial charge in [0.1, 0.15) is 5.71 Å². The average Bonchev–Trinajstić information content (AvgIpc) is 3.62. The van der Waals surface area contributed by atoms with Crippen LogP contribution in [0, 0.1) is 0 Å². The summed E-state index contributed by atoms with van der Waals surface area (Å²) >= 11 is 7.55. The second-order valence-corrected chi connectivity index (χ2v) is 10.0. The fraction of sp³-hybridized carbons (Fsp3) is 0. The summed E-state index contributed by atoms with van der Waals surface area (Å²) in [6.45, 7) is 0. The molecular weight excluding hydrogens is 542 g/mol. The first kappa shape index (κ1) is 25.4. The minimum Gasteiger partial charge on any atom is -0.289 e. The second-order valence-electron chi connectivity index (χ2n) is 8.77. The number of amides is 1. The van der Waals surface area contributed by atoms with Crippen LogP contribution in [-0.4, -0.2) is 28.1 Å². The molecule has 7 nitrogen and oxygen atoms in total. The van der Waals surface area contributed by atoms with Gasteiger partial charge in [-0.1, -0.05) is 103 Å². The SMILES string of the molecule is O=C(c1ccccc1)c1cc(Cl)ccc1NN=C1C(=O)N(c2nc(-c3ccccc3)cs2)N=C1c1ccccc1. The van der Waals surface area contributed by atoms with Crippen LogP contribution in [0.5, 0.6) is 0 Å². The van der Waals surface area contributed by atoms with Gasteiger partial charge in [-0.25, -0.2) is 4.98 Å². The normalized spacial score (nSPS) is 13.9. The number of halogens is 1. The number of carbonyl (C=O) groups excluding carboxylic acids is 2. The van der Waals surface area contributed by atoms with E-state index in [1.807, 2.05) is 72.1 Å². The summed E-state index contributed by atoms with van der Waals surface area (Å²) in [4.78, 5) is 31.6. The van der Waals surface area contributed by atoms with E-state index in [1.54, 1.807) is 42.5 Å². The van der Waals surface area contributed by atoms with E-state index in [-0.39, 0.29) is 11.5 Å². The summed E-state index contributed by atoms with van der Waals surface area (Å²) in [6, 6.07) is 32.8. The highest BCUT2D eigenvalue weighted by molar-refractivity contribution is 7.14. The van der Waals surface area contributed by atoms with Crippen LogP contribution >= 0.6 is 22.9 Å². The van der Waals surface area contributed by atoms with E-state index in [2.05, 4.69) is 20.6 Å². The summed E-state index contributed by atoms with van der Waals surface area (Å²) < 4.78 is 0. The van der Waals surface area contributed by atoms with Crippen molar-refractivity contribution in [2.24, 2.45) is 10.2 Å². The zero-order chi connectivity index (χ0) is 27.5. The number of nitrogens with zero attached hydrogens (tertiary/aromatic N) is 4. The Balaban J connectivity index is 1.36. The van der Waals surface area contributed by atoms with Gasteiger partial charge in [0.2, 0.25) is 5.13 Å². The molecular formula is C31H20ClN5O2S. The number of thiazole rings is 1. The summed E-state index contributed by atoms with van der Waals surface area (Å²) in [7, 11) is 0. The Hall–Kier alpha value is -4.92. The maximum atomic E-state index is 13.7. The van der Waals surface area contributed by atoms with E-state index < -0.39 is 5.91 Å². The minimum absolute atomic E-state index is 0.0933. The Kier molecular flexibility index (Phi) is 7.01. The van der Waals surface area contributed by atoms with E-state index in [9.17, 15) is 9.59 Å². The molecule has 1 aliphatic rings. The third-order valence-electron chi connectivity index (χ3n) is 6.16. The van der Waals surface area contributed by atoms with E-state index in [1.165, 1.54) is 16.3 Å². The summed E-state index contributed by atoms with van der Waals surface area (Å²) in [5.41, 5.74) is 7.06. The number of hydrogen-bond donors (Lipinski definition) is 1. The number of carbonyl (C=O) groups is 2. The van der Waals surface area contributed by atoms with Crippen LogP contribution in [0.4, 0.5) is 10.8 Å². The standard InChI is InChI=1S/C31H20ClN5O2S/c32-23-16-17-25(24(18-23)29(38)22-14-8-3-9-15-22)34-35-28-27(21-12-6-2-7-13-21)36-37(30(28)39)31-33-26(19-40-31)20-10-4-1-5-11-20/h1-19,34H. The molecule has 1 amide bonds. The van der Waals surface area contributed by atoms with Crippen LogP contribution in [0.15, 0.2) is 125 Å². The van der Waals surface area contributed by atoms with E-state index in [4.69, 9.17) is 11.6 Å². The smallest absolute Gasteiger partial charge is 0.289 e. The summed E-state index contributed by atoms with van der Waals surface area (Å²) in [6.07, 6.45) is 0. The van der Waals surface area contributed by atoms with Crippen molar-refractivity contribution >= 4 is 56.9 Å². The van der Waals surface area contributed by atoms with Crippen molar-refractivity contribution in [3.63, 3.8) is 0 Å². The Labute approximate surface area is 239 Å². The van der Waals surface area contributed by atoms with Crippen molar-refractivity contribution in [1.82, 2.24) is 4.98 Å². The zero-order valence-corrected chi connectivity index (χ0v) is 22.4. The van der Waals surface area contributed by atoms with Crippen molar-refractivity contribution < 1.29 is 9.59 Å². The molecule has 0 spiro atoms. The fourth-order valence-corrected chi connectivity index (χ4v) is 5.13. The van der Waals surface area contributed by atoms with Crippen LogP contribution in [0.25, 0.3) is 11.3 Å². The molecule has 1 aliphatic heterocycles. The Bertz CT molecular complexity index is 1770. The van der Waals surface area contributed by atoms with E-state index >= 15 is 0 Å². The van der Waals surface area contributed by atoms with Crippen molar-refractivity contribution in [2.75, 3.05) is 10.4 Å². The minimum atomic E-state index is -0.440. The summed E-state index contributed by atoms with van der Waals surface area (Å²) in [5.74, 6) is -0.663. The molecule has 0 fully saturated rings. The average molecular weight is 562 g/mol. The van der Waals surface area contributed by atoms with Gasteiger partial charge >= 0.3 is 5.91 Å². The van der Waals surface area contributed by atoms with Gasteiger partial charge in [-0.05, 0) is 18.2 Å². The quantitative estimate of drug-likeness (QED) is 0.173. The van der Waals surface area contributed by atoms with Crippen molar-refractivity contribution in [3.8, 4) is 11.3 Å². The molecule has 0 bridgehead atoms. The van der Waals surface area contributed by atoms with Crippen LogP contribution in [0.3, 0.4) is 0 Å². The first-order chi connectivity index (χ1) is 19.6. The monoisotopic (exact) mass is 561 g/mol. The maximum Gasteiger partial charge on any atom is 0.303 e. The Morgan fingerprint density at radius 2 is 1.50 bits per heavy atom. The van der Waals surface area contributed by atoms with Gasteiger partial charge in [0.05, 0.1) is 11.4 Å². The lowest BCUT2D eigenvalue weighted by Crippen LogP contribution is -2.28. The molecule has 4 aromatic carbocycles. The predicted molar refractivity (Wildman–Crippen MR) is 160 cm³/mol. The lowest BCUT2D eigenvalue weighted by molar-refractivity contribution is -0.112. The van der Waals surface area contributed by atoms with Gasteiger partial charge in [-0.2, -0.15) is 15.2 Å². The van der Waals surface area contributed by atoms with E-state index in [0.29, 0.717) is 32.7 Å². The van der Waals surface area contributed by atoms with Gasteiger partial charge < -0.3 is 0 Å². The predicted octanol–water partition coefficient (Wildman–Crippen LogP) is 6.91. The highest BCUT2D eigenvalue weighted by Crippen LogP contribution is 2.30. The van der Waals surface area contributed by atoms with Crippen LogP contribution in [0.2, 0.25) is 5.02 Å². The van der Waals surface area contributed by atoms with Crippen molar-refractivity contribution in [1.29, 1.82) is 0 Å². The van der Waals surface area contributed by atoms with Gasteiger partial charge in [0.15, 0.2) is 11.5 Å². The molecule has 194 valence electrons. The lowest BCUT2D eigenvalue weighted by Gasteiger charge is -2.10. The highest BCUT2D eigenvalue weighted by atomic mass is 35.5. The first-order valence-corrected chi connectivity index (χ1v) is 13.6. The molecule has 1 aromatic heterocycles. The van der Waals surface area contributed by atoms with E-state index in [0.717, 1.165) is 16.8 Å². The number of rotatable bonds is 7. The Morgan fingerprint density at radius 3 is 2.20 bits per heavy atom. The molecule has 0 unspecified atom stereocenters. The number of benzene rings is 4.